The number of likely N-dealkylation sites (N-methyl/N-ethyl adjacent to an activating group) is 1. The average Bonchev–Trinajstić information content (AvgIpc) is 2.90. The number of benzene rings is 3. The zero-order valence-corrected chi connectivity index (χ0v) is 24.2. The van der Waals surface area contributed by atoms with E-state index in [-0.39, 0.29) is 18.4 Å². The molecule has 0 aromatic heterocycles. The molecule has 0 aliphatic heterocycles. The van der Waals surface area contributed by atoms with Gasteiger partial charge in [-0.2, -0.15) is 0 Å². The number of hydrogen-bond acceptors (Lipinski definition) is 4. The summed E-state index contributed by atoms with van der Waals surface area (Å²) >= 11 is 0. The zero-order chi connectivity index (χ0) is 28.6. The molecule has 2 amide bonds. The van der Waals surface area contributed by atoms with E-state index in [0.717, 1.165) is 32.8 Å². The van der Waals surface area contributed by atoms with Crippen molar-refractivity contribution in [2.24, 2.45) is 0 Å². The second-order valence-electron chi connectivity index (χ2n) is 10.1. The van der Waals surface area contributed by atoms with Crippen molar-refractivity contribution in [3.8, 4) is 0 Å². The molecule has 7 nitrogen and oxygen atoms in total. The van der Waals surface area contributed by atoms with Crippen molar-refractivity contribution in [3.63, 3.8) is 0 Å². The maximum absolute atomic E-state index is 14.0. The smallest absolute Gasteiger partial charge is 0.244 e. The summed E-state index contributed by atoms with van der Waals surface area (Å²) in [6.45, 7) is 8.07. The summed E-state index contributed by atoms with van der Waals surface area (Å²) < 4.78 is 26.9. The number of hydrogen-bond donors (Lipinski definition) is 1. The predicted octanol–water partition coefficient (Wildman–Crippen LogP) is 4.66. The lowest BCUT2D eigenvalue weighted by atomic mass is 10.0. The topological polar surface area (TPSA) is 86.8 Å². The highest BCUT2D eigenvalue weighted by molar-refractivity contribution is 7.92. The monoisotopic (exact) mass is 549 g/mol. The molecule has 1 N–H and O–H groups in total. The normalized spacial score (nSPS) is 12.2. The van der Waals surface area contributed by atoms with Crippen LogP contribution in [0, 0.1) is 6.92 Å². The van der Waals surface area contributed by atoms with Gasteiger partial charge in [0.1, 0.15) is 12.6 Å². The van der Waals surface area contributed by atoms with Gasteiger partial charge >= 0.3 is 0 Å². The Morgan fingerprint density at radius 2 is 1.51 bits per heavy atom. The van der Waals surface area contributed by atoms with Crippen molar-refractivity contribution in [1.82, 2.24) is 10.2 Å². The van der Waals surface area contributed by atoms with Gasteiger partial charge in [0.2, 0.25) is 21.8 Å². The molecule has 39 heavy (non-hydrogen) atoms. The van der Waals surface area contributed by atoms with Crippen LogP contribution in [-0.2, 0) is 32.6 Å². The number of carbonyl (C=O) groups is 2. The Bertz CT molecular complexity index is 1360. The van der Waals surface area contributed by atoms with Gasteiger partial charge in [-0.05, 0) is 54.2 Å². The molecule has 1 atom stereocenters. The van der Waals surface area contributed by atoms with Crippen LogP contribution in [0.25, 0.3) is 0 Å². The first kappa shape index (κ1) is 29.9. The Hall–Kier alpha value is -3.65. The summed E-state index contributed by atoms with van der Waals surface area (Å²) in [4.78, 5) is 28.9. The van der Waals surface area contributed by atoms with Gasteiger partial charge in [-0.25, -0.2) is 8.42 Å². The Morgan fingerprint density at radius 1 is 0.897 bits per heavy atom. The number of carbonyl (C=O) groups excluding carboxylic acids is 2. The first-order chi connectivity index (χ1) is 18.5. The van der Waals surface area contributed by atoms with Crippen molar-refractivity contribution in [3.05, 3.63) is 101 Å². The highest BCUT2D eigenvalue weighted by Crippen LogP contribution is 2.23. The van der Waals surface area contributed by atoms with E-state index in [4.69, 9.17) is 0 Å². The van der Waals surface area contributed by atoms with E-state index in [1.165, 1.54) is 4.90 Å². The molecule has 3 aromatic rings. The summed E-state index contributed by atoms with van der Waals surface area (Å²) in [5.41, 5.74) is 4.25. The molecule has 8 heteroatoms. The minimum absolute atomic E-state index is 0.171. The maximum atomic E-state index is 14.0. The Balaban J connectivity index is 2.04. The Labute approximate surface area is 232 Å². The summed E-state index contributed by atoms with van der Waals surface area (Å²) in [6, 6.07) is 23.6. The Kier molecular flexibility index (Phi) is 10.3. The van der Waals surface area contributed by atoms with Crippen molar-refractivity contribution >= 4 is 27.5 Å². The fraction of sp³-hybridized carbons (Fsp3) is 0.355. The largest absolute Gasteiger partial charge is 0.355 e. The fourth-order valence-corrected chi connectivity index (χ4v) is 5.31. The van der Waals surface area contributed by atoms with E-state index < -0.39 is 28.5 Å². The molecule has 1 unspecified atom stereocenters. The van der Waals surface area contributed by atoms with Gasteiger partial charge in [-0.15, -0.1) is 0 Å². The van der Waals surface area contributed by atoms with Gasteiger partial charge in [-0.3, -0.25) is 13.9 Å². The van der Waals surface area contributed by atoms with Crippen molar-refractivity contribution in [1.29, 1.82) is 0 Å². The average molecular weight is 550 g/mol. The van der Waals surface area contributed by atoms with Crippen LogP contribution in [0.1, 0.15) is 48.9 Å². The fourth-order valence-electron chi connectivity index (χ4n) is 4.46. The highest BCUT2D eigenvalue weighted by atomic mass is 32.2. The van der Waals surface area contributed by atoms with Gasteiger partial charge in [-0.1, -0.05) is 80.6 Å². The van der Waals surface area contributed by atoms with Gasteiger partial charge in [0.25, 0.3) is 0 Å². The van der Waals surface area contributed by atoms with Gasteiger partial charge in [0, 0.05) is 19.5 Å². The van der Waals surface area contributed by atoms with Crippen LogP contribution in [0.5, 0.6) is 0 Å². The van der Waals surface area contributed by atoms with E-state index in [1.807, 2.05) is 80.6 Å². The molecule has 0 saturated heterocycles. The minimum Gasteiger partial charge on any atom is -0.355 e. The molecule has 0 spiro atoms. The lowest BCUT2D eigenvalue weighted by Crippen LogP contribution is -2.53. The lowest BCUT2D eigenvalue weighted by molar-refractivity contribution is -0.140. The summed E-state index contributed by atoms with van der Waals surface area (Å²) in [7, 11) is -3.79. The molecule has 3 aromatic carbocycles. The third-order valence-corrected chi connectivity index (χ3v) is 7.89. The molecule has 3 rings (SSSR count). The molecular weight excluding hydrogens is 510 g/mol. The number of rotatable bonds is 12. The molecule has 0 radical (unpaired) electrons. The van der Waals surface area contributed by atoms with Crippen LogP contribution in [0.3, 0.4) is 0 Å². The standard InChI is InChI=1S/C31H39N3O4S/c1-6-32-31(36)29(20-25-13-8-7-9-14-25)33(21-27-15-11-10-12-24(27)4)30(35)22-34(39(5,37)38)28-18-16-26(17-19-28)23(2)3/h7-19,23,29H,6,20-22H2,1-5H3,(H,32,36). The van der Waals surface area contributed by atoms with Crippen molar-refractivity contribution < 1.29 is 18.0 Å². The van der Waals surface area contributed by atoms with E-state index in [1.54, 1.807) is 12.1 Å². The summed E-state index contributed by atoms with van der Waals surface area (Å²) in [5, 5.41) is 2.87. The van der Waals surface area contributed by atoms with Crippen molar-refractivity contribution in [2.75, 3.05) is 23.7 Å². The highest BCUT2D eigenvalue weighted by Gasteiger charge is 2.33. The van der Waals surface area contributed by atoms with E-state index in [9.17, 15) is 18.0 Å². The van der Waals surface area contributed by atoms with E-state index in [2.05, 4.69) is 19.2 Å². The van der Waals surface area contributed by atoms with Crippen LogP contribution in [0.4, 0.5) is 5.69 Å². The molecule has 0 heterocycles. The SMILES string of the molecule is CCNC(=O)C(Cc1ccccc1)N(Cc1ccccc1C)C(=O)CN(c1ccc(C(C)C)cc1)S(C)(=O)=O. The molecule has 0 saturated carbocycles. The van der Waals surface area contributed by atoms with Crippen LogP contribution in [0.15, 0.2) is 78.9 Å². The number of amides is 2. The minimum atomic E-state index is -3.79. The summed E-state index contributed by atoms with van der Waals surface area (Å²) in [6.07, 6.45) is 1.39. The first-order valence-electron chi connectivity index (χ1n) is 13.2. The van der Waals surface area contributed by atoms with E-state index >= 15 is 0 Å². The number of sulfonamides is 1. The van der Waals surface area contributed by atoms with E-state index in [0.29, 0.717) is 18.7 Å². The summed E-state index contributed by atoms with van der Waals surface area (Å²) in [5.74, 6) is -0.452. The quantitative estimate of drug-likeness (QED) is 0.356. The molecule has 0 fully saturated rings. The van der Waals surface area contributed by atoms with Crippen LogP contribution < -0.4 is 9.62 Å². The third-order valence-electron chi connectivity index (χ3n) is 6.75. The predicted molar refractivity (Wildman–Crippen MR) is 157 cm³/mol. The number of anilines is 1. The molecule has 208 valence electrons. The number of nitrogens with one attached hydrogen (secondary N) is 1. The second-order valence-corrected chi connectivity index (χ2v) is 12.0. The Morgan fingerprint density at radius 3 is 2.08 bits per heavy atom. The third kappa shape index (κ3) is 8.17. The lowest BCUT2D eigenvalue weighted by Gasteiger charge is -2.33. The maximum Gasteiger partial charge on any atom is 0.244 e. The van der Waals surface area contributed by atoms with Crippen molar-refractivity contribution in [2.45, 2.75) is 52.6 Å². The number of aryl methyl sites for hydroxylation is 1. The van der Waals surface area contributed by atoms with Gasteiger partial charge in [0.15, 0.2) is 0 Å². The molecule has 0 aliphatic rings. The zero-order valence-electron chi connectivity index (χ0n) is 23.4. The molecule has 0 aliphatic carbocycles. The molecular formula is C31H39N3O4S. The van der Waals surface area contributed by atoms with Crippen LogP contribution >= 0.6 is 0 Å². The van der Waals surface area contributed by atoms with Crippen LogP contribution in [-0.4, -0.2) is 50.5 Å². The van der Waals surface area contributed by atoms with Crippen LogP contribution in [0.2, 0.25) is 0 Å². The first-order valence-corrected chi connectivity index (χ1v) is 15.1. The molecule has 0 bridgehead atoms. The van der Waals surface area contributed by atoms with Gasteiger partial charge < -0.3 is 10.2 Å². The second kappa shape index (κ2) is 13.4. The van der Waals surface area contributed by atoms with Gasteiger partial charge in [0.05, 0.1) is 11.9 Å². The number of nitrogens with zero attached hydrogens (tertiary/aromatic N) is 2.